The Labute approximate surface area is 150 Å². The van der Waals surface area contributed by atoms with Gasteiger partial charge in [-0.1, -0.05) is 17.7 Å². The number of hydrogen-bond donors (Lipinski definition) is 1. The molecule has 27 heavy (non-hydrogen) atoms. The first-order valence-electron chi connectivity index (χ1n) is 7.21. The highest BCUT2D eigenvalue weighted by Gasteiger charge is 2.41. The van der Waals surface area contributed by atoms with E-state index in [0.717, 1.165) is 19.2 Å². The Morgan fingerprint density at radius 1 is 0.926 bits per heavy atom. The zero-order chi connectivity index (χ0) is 20.6. The van der Waals surface area contributed by atoms with Crippen LogP contribution in [0.5, 0.6) is 5.75 Å². The molecule has 0 amide bonds. The Bertz CT molecular complexity index is 934. The summed E-state index contributed by atoms with van der Waals surface area (Å²) in [6.45, 7) is 1.67. The lowest BCUT2D eigenvalue weighted by molar-refractivity contribution is -0.142. The largest absolute Gasteiger partial charge is 0.495 e. The lowest BCUT2D eigenvalue weighted by Gasteiger charge is -2.20. The van der Waals surface area contributed by atoms with Gasteiger partial charge < -0.3 is 4.74 Å². The number of hydrogen-bond acceptors (Lipinski definition) is 3. The minimum absolute atomic E-state index is 0.171. The first kappa shape index (κ1) is 20.9. The van der Waals surface area contributed by atoms with Gasteiger partial charge in [0.1, 0.15) is 11.4 Å². The fourth-order valence-corrected chi connectivity index (χ4v) is 3.27. The normalized spacial score (nSPS) is 12.7. The second-order valence-electron chi connectivity index (χ2n) is 5.52. The van der Waals surface area contributed by atoms with Crippen molar-refractivity contribution < 1.29 is 39.5 Å². The molecule has 148 valence electrons. The van der Waals surface area contributed by atoms with E-state index < -0.39 is 44.9 Å². The minimum atomic E-state index is -5.26. The molecule has 0 aliphatic carbocycles. The maximum absolute atomic E-state index is 13.3. The molecular weight excluding hydrogens is 400 g/mol. The van der Waals surface area contributed by atoms with Crippen molar-refractivity contribution in [3.63, 3.8) is 0 Å². The van der Waals surface area contributed by atoms with Gasteiger partial charge in [0, 0.05) is 0 Å². The minimum Gasteiger partial charge on any atom is -0.495 e. The van der Waals surface area contributed by atoms with Crippen molar-refractivity contribution >= 4 is 15.7 Å². The zero-order valence-electron chi connectivity index (χ0n) is 13.9. The zero-order valence-corrected chi connectivity index (χ0v) is 14.7. The van der Waals surface area contributed by atoms with Crippen molar-refractivity contribution in [2.75, 3.05) is 11.8 Å². The van der Waals surface area contributed by atoms with Gasteiger partial charge in [-0.25, -0.2) is 8.42 Å². The Morgan fingerprint density at radius 2 is 1.48 bits per heavy atom. The number of sulfonamides is 1. The Hall–Kier alpha value is -2.43. The van der Waals surface area contributed by atoms with Crippen LogP contribution in [0.1, 0.15) is 16.7 Å². The van der Waals surface area contributed by atoms with Crippen LogP contribution in [0.3, 0.4) is 0 Å². The maximum Gasteiger partial charge on any atom is 0.418 e. The first-order chi connectivity index (χ1) is 12.3. The van der Waals surface area contributed by atoms with E-state index in [4.69, 9.17) is 0 Å². The van der Waals surface area contributed by atoms with Crippen LogP contribution in [0.2, 0.25) is 0 Å². The first-order valence-corrected chi connectivity index (χ1v) is 8.70. The molecule has 0 aliphatic heterocycles. The van der Waals surface area contributed by atoms with Crippen molar-refractivity contribution in [3.05, 3.63) is 53.1 Å². The third kappa shape index (κ3) is 4.65. The molecule has 0 heterocycles. The lowest BCUT2D eigenvalue weighted by atomic mass is 10.1. The lowest BCUT2D eigenvalue weighted by Crippen LogP contribution is -2.19. The SMILES string of the molecule is COc1cc(C(F)(F)F)cc(C(F)(F)F)c1NS(=O)(=O)c1ccc(C)cc1. The van der Waals surface area contributed by atoms with Crippen molar-refractivity contribution in [2.24, 2.45) is 0 Å². The van der Waals surface area contributed by atoms with Crippen LogP contribution in [0.25, 0.3) is 0 Å². The summed E-state index contributed by atoms with van der Waals surface area (Å²) in [6.07, 6.45) is -10.3. The number of halogens is 6. The molecule has 0 saturated carbocycles. The third-order valence-corrected chi connectivity index (χ3v) is 4.89. The number of ether oxygens (including phenoxy) is 1. The van der Waals surface area contributed by atoms with E-state index in [1.165, 1.54) is 12.1 Å². The van der Waals surface area contributed by atoms with Crippen LogP contribution < -0.4 is 9.46 Å². The van der Waals surface area contributed by atoms with Gasteiger partial charge in [0.05, 0.1) is 23.1 Å². The fourth-order valence-electron chi connectivity index (χ4n) is 2.18. The van der Waals surface area contributed by atoms with Crippen LogP contribution in [-0.4, -0.2) is 15.5 Å². The average Bonchev–Trinajstić information content (AvgIpc) is 2.52. The van der Waals surface area contributed by atoms with E-state index >= 15 is 0 Å². The summed E-state index contributed by atoms with van der Waals surface area (Å²) in [5, 5.41) is 0. The molecule has 0 radical (unpaired) electrons. The number of aryl methyl sites for hydroxylation is 1. The molecule has 4 nitrogen and oxygen atoms in total. The number of methoxy groups -OCH3 is 1. The molecule has 0 aromatic heterocycles. The van der Waals surface area contributed by atoms with Crippen molar-refractivity contribution in [1.29, 1.82) is 0 Å². The van der Waals surface area contributed by atoms with Gasteiger partial charge in [-0.05, 0) is 31.2 Å². The summed E-state index contributed by atoms with van der Waals surface area (Å²) in [5.41, 5.74) is -3.86. The highest BCUT2D eigenvalue weighted by atomic mass is 32.2. The van der Waals surface area contributed by atoms with Crippen LogP contribution in [-0.2, 0) is 22.4 Å². The molecule has 0 saturated heterocycles. The van der Waals surface area contributed by atoms with E-state index in [1.54, 1.807) is 11.6 Å². The molecule has 0 atom stereocenters. The molecule has 11 heteroatoms. The number of nitrogens with one attached hydrogen (secondary N) is 1. The molecule has 0 fully saturated rings. The Morgan fingerprint density at radius 3 is 1.93 bits per heavy atom. The van der Waals surface area contributed by atoms with Gasteiger partial charge >= 0.3 is 12.4 Å². The monoisotopic (exact) mass is 413 g/mol. The Kier molecular flexibility index (Phi) is 5.37. The molecule has 2 aromatic rings. The predicted molar refractivity (Wildman–Crippen MR) is 85.0 cm³/mol. The van der Waals surface area contributed by atoms with E-state index in [9.17, 15) is 34.8 Å². The molecular formula is C16H13F6NO3S. The molecule has 2 aromatic carbocycles. The van der Waals surface area contributed by atoms with E-state index in [2.05, 4.69) is 4.74 Å². The molecule has 0 spiro atoms. The quantitative estimate of drug-likeness (QED) is 0.730. The fraction of sp³-hybridized carbons (Fsp3) is 0.250. The van der Waals surface area contributed by atoms with Crippen LogP contribution >= 0.6 is 0 Å². The van der Waals surface area contributed by atoms with Gasteiger partial charge in [0.2, 0.25) is 0 Å². The number of alkyl halides is 6. The second-order valence-corrected chi connectivity index (χ2v) is 7.20. The average molecular weight is 413 g/mol. The molecule has 2 rings (SSSR count). The van der Waals surface area contributed by atoms with Gasteiger partial charge in [-0.3, -0.25) is 4.72 Å². The number of benzene rings is 2. The summed E-state index contributed by atoms with van der Waals surface area (Å²) in [4.78, 5) is -0.358. The van der Waals surface area contributed by atoms with Crippen LogP contribution in [0, 0.1) is 6.92 Å². The topological polar surface area (TPSA) is 55.4 Å². The second kappa shape index (κ2) is 6.95. The van der Waals surface area contributed by atoms with Crippen LogP contribution in [0.4, 0.5) is 32.0 Å². The van der Waals surface area contributed by atoms with E-state index in [0.29, 0.717) is 11.6 Å². The highest BCUT2D eigenvalue weighted by molar-refractivity contribution is 7.92. The summed E-state index contributed by atoms with van der Waals surface area (Å²) < 4.78 is 110. The molecule has 0 aliphatic rings. The summed E-state index contributed by atoms with van der Waals surface area (Å²) >= 11 is 0. The summed E-state index contributed by atoms with van der Waals surface area (Å²) in [5.74, 6) is -0.909. The van der Waals surface area contributed by atoms with Gasteiger partial charge in [0.25, 0.3) is 10.0 Å². The maximum atomic E-state index is 13.3. The van der Waals surface area contributed by atoms with Gasteiger partial charge in [0.15, 0.2) is 0 Å². The van der Waals surface area contributed by atoms with Crippen molar-refractivity contribution in [3.8, 4) is 5.75 Å². The van der Waals surface area contributed by atoms with Gasteiger partial charge in [-0.15, -0.1) is 0 Å². The van der Waals surface area contributed by atoms with Crippen LogP contribution in [0.15, 0.2) is 41.3 Å². The highest BCUT2D eigenvalue weighted by Crippen LogP contribution is 2.44. The predicted octanol–water partition coefficient (Wildman–Crippen LogP) is 4.84. The van der Waals surface area contributed by atoms with Crippen molar-refractivity contribution in [2.45, 2.75) is 24.2 Å². The Balaban J connectivity index is 2.66. The smallest absolute Gasteiger partial charge is 0.418 e. The number of anilines is 1. The van der Waals surface area contributed by atoms with Crippen molar-refractivity contribution in [1.82, 2.24) is 0 Å². The third-order valence-electron chi connectivity index (χ3n) is 3.52. The number of rotatable bonds is 4. The van der Waals surface area contributed by atoms with Gasteiger partial charge in [-0.2, -0.15) is 26.3 Å². The summed E-state index contributed by atoms with van der Waals surface area (Å²) in [6, 6.07) is 5.27. The van der Waals surface area contributed by atoms with E-state index in [-0.39, 0.29) is 11.0 Å². The molecule has 0 unspecified atom stereocenters. The van der Waals surface area contributed by atoms with E-state index in [1.807, 2.05) is 0 Å². The molecule has 1 N–H and O–H groups in total. The summed E-state index contributed by atoms with van der Waals surface area (Å²) in [7, 11) is -3.67. The standard InChI is InChI=1S/C16H13F6NO3S/c1-9-3-5-11(6-4-9)27(24,25)23-14-12(16(20,21)22)7-10(15(17,18)19)8-13(14)26-2/h3-8,23H,1-2H3. The molecule has 0 bridgehead atoms.